The van der Waals surface area contributed by atoms with Gasteiger partial charge < -0.3 is 15.0 Å². The van der Waals surface area contributed by atoms with Gasteiger partial charge in [0.2, 0.25) is 5.91 Å². The summed E-state index contributed by atoms with van der Waals surface area (Å²) in [6.45, 7) is 5.78. The summed E-state index contributed by atoms with van der Waals surface area (Å²) in [5, 5.41) is 3.52. The highest BCUT2D eigenvalue weighted by Gasteiger charge is 2.27. The summed E-state index contributed by atoms with van der Waals surface area (Å²) in [4.78, 5) is 27.0. The smallest absolute Gasteiger partial charge is 0.261 e. The number of nitrogens with zero attached hydrogens (tertiary/aromatic N) is 1. The highest BCUT2D eigenvalue weighted by molar-refractivity contribution is 6.30. The van der Waals surface area contributed by atoms with E-state index in [-0.39, 0.29) is 31.0 Å². The van der Waals surface area contributed by atoms with Gasteiger partial charge in [-0.1, -0.05) is 48.9 Å². The van der Waals surface area contributed by atoms with Gasteiger partial charge >= 0.3 is 0 Å². The quantitative estimate of drug-likeness (QED) is 0.688. The molecule has 0 saturated carbocycles. The van der Waals surface area contributed by atoms with Gasteiger partial charge in [0.05, 0.1) is 0 Å². The molecule has 150 valence electrons. The molecular weight excluding hydrogens is 376 g/mol. The second-order valence-electron chi connectivity index (χ2n) is 6.75. The van der Waals surface area contributed by atoms with Gasteiger partial charge in [0.15, 0.2) is 6.61 Å². The lowest BCUT2D eigenvalue weighted by Crippen LogP contribution is -2.50. The Hall–Kier alpha value is -2.53. The average molecular weight is 403 g/mol. The Labute approximate surface area is 171 Å². The molecule has 0 aliphatic carbocycles. The van der Waals surface area contributed by atoms with E-state index in [1.54, 1.807) is 31.2 Å². The summed E-state index contributed by atoms with van der Waals surface area (Å²) in [5.74, 6) is 0.148. The maximum absolute atomic E-state index is 12.9. The number of carbonyl (C=O) groups excluding carboxylic acids is 2. The molecule has 2 rings (SSSR count). The first-order chi connectivity index (χ1) is 13.4. The zero-order valence-corrected chi connectivity index (χ0v) is 17.3. The van der Waals surface area contributed by atoms with E-state index in [4.69, 9.17) is 16.3 Å². The number of halogens is 1. The maximum atomic E-state index is 12.9. The van der Waals surface area contributed by atoms with Crippen molar-refractivity contribution in [3.63, 3.8) is 0 Å². The third kappa shape index (κ3) is 6.57. The fourth-order valence-electron chi connectivity index (χ4n) is 2.62. The van der Waals surface area contributed by atoms with Gasteiger partial charge in [0, 0.05) is 17.6 Å². The molecule has 0 bridgehead atoms. The van der Waals surface area contributed by atoms with E-state index in [1.807, 2.05) is 44.2 Å². The van der Waals surface area contributed by atoms with Crippen molar-refractivity contribution in [3.05, 3.63) is 65.2 Å². The molecule has 28 heavy (non-hydrogen) atoms. The molecule has 0 saturated heterocycles. The summed E-state index contributed by atoms with van der Waals surface area (Å²) in [7, 11) is 0. The predicted molar refractivity (Wildman–Crippen MR) is 111 cm³/mol. The largest absolute Gasteiger partial charge is 0.484 e. The fraction of sp³-hybridized carbons (Fsp3) is 0.364. The van der Waals surface area contributed by atoms with Crippen molar-refractivity contribution in [2.45, 2.75) is 45.8 Å². The van der Waals surface area contributed by atoms with E-state index >= 15 is 0 Å². The van der Waals surface area contributed by atoms with Crippen LogP contribution in [0.15, 0.2) is 54.6 Å². The minimum atomic E-state index is -0.639. The molecule has 2 aromatic carbocycles. The normalized spacial score (nSPS) is 12.7. The van der Waals surface area contributed by atoms with Gasteiger partial charge in [0.25, 0.3) is 5.91 Å². The van der Waals surface area contributed by atoms with E-state index in [0.717, 1.165) is 12.0 Å². The predicted octanol–water partition coefficient (Wildman–Crippen LogP) is 4.05. The molecule has 0 radical (unpaired) electrons. The first kappa shape index (κ1) is 21.8. The van der Waals surface area contributed by atoms with Crippen molar-refractivity contribution in [1.29, 1.82) is 0 Å². The summed E-state index contributed by atoms with van der Waals surface area (Å²) in [6.07, 6.45) is 0.817. The molecule has 0 unspecified atom stereocenters. The molecule has 0 spiro atoms. The second kappa shape index (κ2) is 10.7. The van der Waals surface area contributed by atoms with Crippen molar-refractivity contribution in [2.75, 3.05) is 6.61 Å². The molecule has 2 atom stereocenters. The minimum absolute atomic E-state index is 0.0404. The van der Waals surface area contributed by atoms with Gasteiger partial charge in [-0.3, -0.25) is 9.59 Å². The Morgan fingerprint density at radius 1 is 1.11 bits per heavy atom. The van der Waals surface area contributed by atoms with Gasteiger partial charge in [-0.15, -0.1) is 0 Å². The summed E-state index contributed by atoms with van der Waals surface area (Å²) >= 11 is 6.07. The van der Waals surface area contributed by atoms with Gasteiger partial charge in [0.1, 0.15) is 11.8 Å². The molecule has 0 aliphatic heterocycles. The number of rotatable bonds is 9. The van der Waals surface area contributed by atoms with E-state index in [9.17, 15) is 9.59 Å². The molecule has 0 heterocycles. The summed E-state index contributed by atoms with van der Waals surface area (Å²) in [5.41, 5.74) is 0.851. The van der Waals surface area contributed by atoms with Crippen LogP contribution in [-0.4, -0.2) is 35.4 Å². The number of amides is 2. The number of para-hydroxylation sites is 1. The highest BCUT2D eigenvalue weighted by atomic mass is 35.5. The first-order valence-electron chi connectivity index (χ1n) is 9.42. The Balaban J connectivity index is 2.14. The van der Waals surface area contributed by atoms with Crippen LogP contribution in [0, 0.1) is 0 Å². The van der Waals surface area contributed by atoms with Crippen molar-refractivity contribution >= 4 is 23.4 Å². The molecule has 0 fully saturated rings. The van der Waals surface area contributed by atoms with Crippen LogP contribution in [-0.2, 0) is 16.1 Å². The lowest BCUT2D eigenvalue weighted by molar-refractivity contribution is -0.142. The summed E-state index contributed by atoms with van der Waals surface area (Å²) < 4.78 is 5.59. The molecular formula is C22H27ClN2O3. The van der Waals surface area contributed by atoms with Crippen LogP contribution in [0.3, 0.4) is 0 Å². The first-order valence-corrected chi connectivity index (χ1v) is 9.80. The molecule has 6 heteroatoms. The maximum Gasteiger partial charge on any atom is 0.261 e. The molecule has 0 aromatic heterocycles. The van der Waals surface area contributed by atoms with Crippen molar-refractivity contribution in [1.82, 2.24) is 10.2 Å². The van der Waals surface area contributed by atoms with Crippen molar-refractivity contribution in [3.8, 4) is 5.75 Å². The molecule has 5 nitrogen and oxygen atoms in total. The van der Waals surface area contributed by atoms with Crippen molar-refractivity contribution < 1.29 is 14.3 Å². The van der Waals surface area contributed by atoms with Gasteiger partial charge in [-0.25, -0.2) is 0 Å². The molecule has 0 aliphatic rings. The Bertz CT molecular complexity index is 782. The van der Waals surface area contributed by atoms with Crippen LogP contribution in [0.2, 0.25) is 5.02 Å². The lowest BCUT2D eigenvalue weighted by atomic mass is 10.1. The topological polar surface area (TPSA) is 58.6 Å². The van der Waals surface area contributed by atoms with Crippen LogP contribution in [0.25, 0.3) is 0 Å². The summed E-state index contributed by atoms with van der Waals surface area (Å²) in [6, 6.07) is 15.8. The molecule has 1 N–H and O–H groups in total. The Morgan fingerprint density at radius 3 is 2.46 bits per heavy atom. The zero-order chi connectivity index (χ0) is 20.5. The van der Waals surface area contributed by atoms with E-state index in [1.165, 1.54) is 4.90 Å². The zero-order valence-electron chi connectivity index (χ0n) is 16.5. The van der Waals surface area contributed by atoms with Gasteiger partial charge in [-0.2, -0.15) is 0 Å². The average Bonchev–Trinajstić information content (AvgIpc) is 2.70. The Kier molecular flexibility index (Phi) is 8.33. The van der Waals surface area contributed by atoms with Crippen LogP contribution in [0.5, 0.6) is 5.75 Å². The number of benzene rings is 2. The molecule has 2 amide bonds. The number of carbonyl (C=O) groups is 2. The lowest BCUT2D eigenvalue weighted by Gasteiger charge is -2.29. The Morgan fingerprint density at radius 2 is 1.82 bits per heavy atom. The number of hydrogen-bond donors (Lipinski definition) is 1. The van der Waals surface area contributed by atoms with E-state index in [2.05, 4.69) is 5.32 Å². The van der Waals surface area contributed by atoms with Crippen molar-refractivity contribution in [2.24, 2.45) is 0 Å². The number of hydrogen-bond acceptors (Lipinski definition) is 3. The van der Waals surface area contributed by atoms with Crippen LogP contribution >= 0.6 is 11.6 Å². The van der Waals surface area contributed by atoms with E-state index < -0.39 is 6.04 Å². The number of ether oxygens (including phenoxy) is 1. The number of nitrogens with one attached hydrogen (secondary N) is 1. The monoisotopic (exact) mass is 402 g/mol. The molecule has 2 aromatic rings. The van der Waals surface area contributed by atoms with Crippen LogP contribution in [0.1, 0.15) is 32.8 Å². The van der Waals surface area contributed by atoms with Crippen LogP contribution < -0.4 is 10.1 Å². The third-order valence-corrected chi connectivity index (χ3v) is 4.75. The van der Waals surface area contributed by atoms with Gasteiger partial charge in [-0.05, 0) is 50.1 Å². The van der Waals surface area contributed by atoms with E-state index in [0.29, 0.717) is 10.8 Å². The highest BCUT2D eigenvalue weighted by Crippen LogP contribution is 2.16. The third-order valence-electron chi connectivity index (χ3n) is 4.52. The van der Waals surface area contributed by atoms with Crippen LogP contribution in [0.4, 0.5) is 0 Å². The standard InChI is InChI=1S/C22H27ClN2O3/c1-4-16(2)24-22(27)17(3)25(14-18-9-8-10-19(23)13-18)21(26)15-28-20-11-6-5-7-12-20/h5-13,16-17H,4,14-15H2,1-3H3,(H,24,27)/t16-,17+/m1/s1. The minimum Gasteiger partial charge on any atom is -0.484 e. The second-order valence-corrected chi connectivity index (χ2v) is 7.18. The SMILES string of the molecule is CC[C@@H](C)NC(=O)[C@H](C)N(Cc1cccc(Cl)c1)C(=O)COc1ccccc1. The fourth-order valence-corrected chi connectivity index (χ4v) is 2.84.